The van der Waals surface area contributed by atoms with Crippen LogP contribution < -0.4 is 0 Å². The zero-order chi connectivity index (χ0) is 16.0. The molecule has 3 aromatic rings. The minimum absolute atomic E-state index is 0.213. The molecule has 2 aromatic carbocycles. The summed E-state index contributed by atoms with van der Waals surface area (Å²) in [5.41, 5.74) is 4.64. The summed E-state index contributed by atoms with van der Waals surface area (Å²) in [4.78, 5) is 11.0. The van der Waals surface area contributed by atoms with Crippen LogP contribution in [0.3, 0.4) is 0 Å². The monoisotopic (exact) mass is 304 g/mol. The number of nitrogens with zero attached hydrogens (tertiary/aromatic N) is 2. The first-order valence-electron chi connectivity index (χ1n) is 8.12. The van der Waals surface area contributed by atoms with Gasteiger partial charge in [-0.2, -0.15) is 5.10 Å². The highest BCUT2D eigenvalue weighted by Gasteiger charge is 2.33. The summed E-state index contributed by atoms with van der Waals surface area (Å²) in [7, 11) is 0. The van der Waals surface area contributed by atoms with Gasteiger partial charge in [0.25, 0.3) is 0 Å². The molecule has 0 amide bonds. The molecule has 1 aliphatic carbocycles. The lowest BCUT2D eigenvalue weighted by atomic mass is 9.71. The standard InChI is InChI=1S/C20H20N2O/c1-20(2)10-9-19(16-5-3-4-6-17(16)20)22-12-15-11-14(13-23)7-8-18(15)21-22/h3-8,11-13,19H,9-10H2,1-2H3. The molecule has 0 bridgehead atoms. The normalized spacial score (nSPS) is 19.5. The smallest absolute Gasteiger partial charge is 0.150 e. The average molecular weight is 304 g/mol. The van der Waals surface area contributed by atoms with Gasteiger partial charge < -0.3 is 0 Å². The van der Waals surface area contributed by atoms with Gasteiger partial charge in [-0.05, 0) is 47.6 Å². The van der Waals surface area contributed by atoms with Crippen LogP contribution in [0.1, 0.15) is 54.2 Å². The lowest BCUT2D eigenvalue weighted by Gasteiger charge is -2.37. The van der Waals surface area contributed by atoms with Crippen molar-refractivity contribution in [1.29, 1.82) is 0 Å². The molecular formula is C20H20N2O. The van der Waals surface area contributed by atoms with Gasteiger partial charge in [0.2, 0.25) is 0 Å². The second-order valence-corrected chi connectivity index (χ2v) is 7.07. The van der Waals surface area contributed by atoms with E-state index in [4.69, 9.17) is 5.10 Å². The number of fused-ring (bicyclic) bond motifs is 2. The first kappa shape index (κ1) is 14.2. The zero-order valence-electron chi connectivity index (χ0n) is 13.5. The lowest BCUT2D eigenvalue weighted by molar-refractivity contribution is 0.112. The van der Waals surface area contributed by atoms with Gasteiger partial charge in [-0.15, -0.1) is 0 Å². The number of hydrogen-bond acceptors (Lipinski definition) is 2. The Morgan fingerprint density at radius 2 is 2.04 bits per heavy atom. The van der Waals surface area contributed by atoms with Gasteiger partial charge in [0.1, 0.15) is 6.29 Å². The van der Waals surface area contributed by atoms with Crippen LogP contribution >= 0.6 is 0 Å². The van der Waals surface area contributed by atoms with Crippen LogP contribution in [0.4, 0.5) is 0 Å². The van der Waals surface area contributed by atoms with Crippen LogP contribution in [-0.4, -0.2) is 16.1 Å². The number of carbonyl (C=O) groups is 1. The van der Waals surface area contributed by atoms with E-state index >= 15 is 0 Å². The summed E-state index contributed by atoms with van der Waals surface area (Å²) in [6.45, 7) is 4.63. The summed E-state index contributed by atoms with van der Waals surface area (Å²) in [6.07, 6.45) is 5.18. The molecular weight excluding hydrogens is 284 g/mol. The van der Waals surface area contributed by atoms with Crippen molar-refractivity contribution in [3.63, 3.8) is 0 Å². The summed E-state index contributed by atoms with van der Waals surface area (Å²) in [5.74, 6) is 0. The third-order valence-electron chi connectivity index (χ3n) is 5.09. The highest BCUT2D eigenvalue weighted by molar-refractivity contribution is 5.86. The van der Waals surface area contributed by atoms with E-state index in [9.17, 15) is 4.79 Å². The van der Waals surface area contributed by atoms with Gasteiger partial charge in [0.05, 0.1) is 11.6 Å². The highest BCUT2D eigenvalue weighted by atomic mass is 16.1. The zero-order valence-corrected chi connectivity index (χ0v) is 13.5. The molecule has 0 spiro atoms. The van der Waals surface area contributed by atoms with E-state index in [0.29, 0.717) is 5.56 Å². The SMILES string of the molecule is CC1(C)CCC(n2cc3cc(C=O)ccc3n2)c2ccccc21. The van der Waals surface area contributed by atoms with E-state index in [1.165, 1.54) is 11.1 Å². The molecule has 3 heteroatoms. The first-order valence-corrected chi connectivity index (χ1v) is 8.12. The van der Waals surface area contributed by atoms with Crippen molar-refractivity contribution in [2.24, 2.45) is 0 Å². The molecule has 1 aromatic heterocycles. The molecule has 23 heavy (non-hydrogen) atoms. The van der Waals surface area contributed by atoms with Crippen molar-refractivity contribution in [2.45, 2.75) is 38.1 Å². The predicted octanol–water partition coefficient (Wildman–Crippen LogP) is 4.51. The molecule has 0 aliphatic heterocycles. The van der Waals surface area contributed by atoms with Gasteiger partial charge in [-0.25, -0.2) is 0 Å². The number of aldehydes is 1. The van der Waals surface area contributed by atoms with E-state index in [1.807, 2.05) is 18.2 Å². The Labute approximate surface area is 135 Å². The van der Waals surface area contributed by atoms with Crippen LogP contribution in [0.25, 0.3) is 10.9 Å². The quantitative estimate of drug-likeness (QED) is 0.653. The van der Waals surface area contributed by atoms with Crippen molar-refractivity contribution in [1.82, 2.24) is 9.78 Å². The fourth-order valence-corrected chi connectivity index (χ4v) is 3.76. The fourth-order valence-electron chi connectivity index (χ4n) is 3.76. The average Bonchev–Trinajstić information content (AvgIpc) is 2.97. The van der Waals surface area contributed by atoms with E-state index in [-0.39, 0.29) is 11.5 Å². The Morgan fingerprint density at radius 1 is 1.22 bits per heavy atom. The fraction of sp³-hybridized carbons (Fsp3) is 0.300. The minimum atomic E-state index is 0.213. The predicted molar refractivity (Wildman–Crippen MR) is 92.0 cm³/mol. The lowest BCUT2D eigenvalue weighted by Crippen LogP contribution is -2.29. The molecule has 0 radical (unpaired) electrons. The number of carbonyl (C=O) groups excluding carboxylic acids is 1. The second-order valence-electron chi connectivity index (χ2n) is 7.07. The maximum Gasteiger partial charge on any atom is 0.150 e. The van der Waals surface area contributed by atoms with E-state index in [1.54, 1.807) is 0 Å². The summed E-state index contributed by atoms with van der Waals surface area (Å²) in [6, 6.07) is 14.6. The third-order valence-corrected chi connectivity index (χ3v) is 5.09. The van der Waals surface area contributed by atoms with Crippen LogP contribution in [0.15, 0.2) is 48.7 Å². The Kier molecular flexibility index (Phi) is 3.12. The molecule has 0 saturated carbocycles. The van der Waals surface area contributed by atoms with Crippen molar-refractivity contribution in [3.05, 3.63) is 65.4 Å². The Balaban J connectivity index is 1.83. The van der Waals surface area contributed by atoms with Crippen LogP contribution in [0.2, 0.25) is 0 Å². The Morgan fingerprint density at radius 3 is 2.87 bits per heavy atom. The number of benzene rings is 2. The molecule has 1 heterocycles. The van der Waals surface area contributed by atoms with Crippen LogP contribution in [0.5, 0.6) is 0 Å². The van der Waals surface area contributed by atoms with Gasteiger partial charge in [-0.1, -0.05) is 38.1 Å². The molecule has 1 unspecified atom stereocenters. The maximum absolute atomic E-state index is 11.0. The summed E-state index contributed by atoms with van der Waals surface area (Å²) in [5, 5.41) is 5.78. The molecule has 3 nitrogen and oxygen atoms in total. The molecule has 0 saturated heterocycles. The highest BCUT2D eigenvalue weighted by Crippen LogP contribution is 2.43. The van der Waals surface area contributed by atoms with Crippen LogP contribution in [0, 0.1) is 0 Å². The van der Waals surface area contributed by atoms with E-state index in [2.05, 4.69) is 49.0 Å². The van der Waals surface area contributed by atoms with Crippen molar-refractivity contribution < 1.29 is 4.79 Å². The molecule has 0 fully saturated rings. The van der Waals surface area contributed by atoms with E-state index in [0.717, 1.165) is 30.0 Å². The summed E-state index contributed by atoms with van der Waals surface area (Å²) >= 11 is 0. The van der Waals surface area contributed by atoms with Crippen molar-refractivity contribution in [2.75, 3.05) is 0 Å². The van der Waals surface area contributed by atoms with Crippen molar-refractivity contribution in [3.8, 4) is 0 Å². The van der Waals surface area contributed by atoms with Gasteiger partial charge >= 0.3 is 0 Å². The van der Waals surface area contributed by atoms with Crippen LogP contribution in [-0.2, 0) is 5.41 Å². The third kappa shape index (κ3) is 2.27. The van der Waals surface area contributed by atoms with E-state index < -0.39 is 0 Å². The largest absolute Gasteiger partial charge is 0.298 e. The number of rotatable bonds is 2. The molecule has 1 atom stereocenters. The summed E-state index contributed by atoms with van der Waals surface area (Å²) < 4.78 is 2.08. The van der Waals surface area contributed by atoms with Gasteiger partial charge in [0, 0.05) is 17.1 Å². The van der Waals surface area contributed by atoms with Gasteiger partial charge in [-0.3, -0.25) is 9.48 Å². The first-order chi connectivity index (χ1) is 11.1. The molecule has 0 N–H and O–H groups in total. The number of aromatic nitrogens is 2. The second kappa shape index (κ2) is 5.05. The topological polar surface area (TPSA) is 34.9 Å². The minimum Gasteiger partial charge on any atom is -0.298 e. The molecule has 116 valence electrons. The Bertz CT molecular complexity index is 892. The number of hydrogen-bond donors (Lipinski definition) is 0. The Hall–Kier alpha value is -2.42. The molecule has 4 rings (SSSR count). The maximum atomic E-state index is 11.0. The molecule has 1 aliphatic rings. The van der Waals surface area contributed by atoms with Crippen molar-refractivity contribution >= 4 is 17.2 Å². The van der Waals surface area contributed by atoms with Gasteiger partial charge in [0.15, 0.2) is 0 Å².